The zero-order valence-corrected chi connectivity index (χ0v) is 15.2. The summed E-state index contributed by atoms with van der Waals surface area (Å²) in [5.41, 5.74) is 0.121. The maximum absolute atomic E-state index is 12.4. The molecule has 1 aliphatic heterocycles. The van der Waals surface area contributed by atoms with Crippen LogP contribution >= 0.6 is 0 Å². The van der Waals surface area contributed by atoms with Gasteiger partial charge in [-0.2, -0.15) is 13.2 Å². The van der Waals surface area contributed by atoms with Crippen LogP contribution in [0.1, 0.15) is 59.4 Å². The van der Waals surface area contributed by atoms with Crippen LogP contribution in [0, 0.1) is 5.92 Å². The van der Waals surface area contributed by atoms with Crippen LogP contribution in [0.4, 0.5) is 18.9 Å². The summed E-state index contributed by atoms with van der Waals surface area (Å²) >= 11 is 0. The Labute approximate surface area is 143 Å². The molecule has 0 aromatic heterocycles. The van der Waals surface area contributed by atoms with Crippen LogP contribution in [0.2, 0.25) is 0 Å². The number of rotatable bonds is 2. The minimum absolute atomic E-state index is 0.361. The molecule has 136 valence electrons. The summed E-state index contributed by atoms with van der Waals surface area (Å²) in [7, 11) is 0. The van der Waals surface area contributed by atoms with Gasteiger partial charge in [-0.3, -0.25) is 4.79 Å². The molecule has 0 radical (unpaired) electrons. The van der Waals surface area contributed by atoms with Gasteiger partial charge in [0.25, 0.3) is 0 Å². The number of anilines is 1. The second-order valence-corrected chi connectivity index (χ2v) is 6.50. The van der Waals surface area contributed by atoms with Crippen molar-refractivity contribution in [1.82, 2.24) is 0 Å². The predicted molar refractivity (Wildman–Crippen MR) is 92.2 cm³/mol. The Kier molecular flexibility index (Phi) is 6.87. The highest BCUT2D eigenvalue weighted by Gasteiger charge is 2.47. The second-order valence-electron chi connectivity index (χ2n) is 6.50. The van der Waals surface area contributed by atoms with Gasteiger partial charge in [-0.15, -0.1) is 0 Å². The third-order valence-electron chi connectivity index (χ3n) is 4.26. The van der Waals surface area contributed by atoms with Gasteiger partial charge in [-0.25, -0.2) is 0 Å². The number of hydrogen-bond donors (Lipinski definition) is 0. The van der Waals surface area contributed by atoms with Crippen molar-refractivity contribution in [2.45, 2.75) is 65.5 Å². The van der Waals surface area contributed by atoms with Crippen molar-refractivity contribution in [3.05, 3.63) is 29.8 Å². The number of carbonyl (C=O) groups excluding carboxylic acids is 1. The van der Waals surface area contributed by atoms with Crippen molar-refractivity contribution in [2.75, 3.05) is 11.4 Å². The Morgan fingerprint density at radius 3 is 2.12 bits per heavy atom. The van der Waals surface area contributed by atoms with E-state index >= 15 is 0 Å². The third-order valence-corrected chi connectivity index (χ3v) is 4.26. The average molecular weight is 343 g/mol. The standard InChI is InChI=1S/C12H12F3NO.C5H10.C2H6/c1-11(2)8-5-3-4-6-9(8)16(10(11)17)7-12(13,14)15;1-2-5-3-4-5;1-2/h3-6H,7H2,1-2H3;5H,2-4H2,1H3;1-2H3. The normalized spacial score (nSPS) is 18.2. The number of amides is 1. The summed E-state index contributed by atoms with van der Waals surface area (Å²) in [5, 5.41) is 0. The van der Waals surface area contributed by atoms with E-state index in [0.29, 0.717) is 11.3 Å². The van der Waals surface area contributed by atoms with Crippen LogP contribution in [0.5, 0.6) is 0 Å². The molecule has 0 N–H and O–H groups in total. The lowest BCUT2D eigenvalue weighted by Crippen LogP contribution is -2.41. The molecule has 2 nitrogen and oxygen atoms in total. The van der Waals surface area contributed by atoms with Gasteiger partial charge in [0.2, 0.25) is 5.91 Å². The lowest BCUT2D eigenvalue weighted by atomic mass is 9.86. The molecule has 1 saturated carbocycles. The van der Waals surface area contributed by atoms with Crippen LogP contribution in [-0.2, 0) is 10.2 Å². The molecule has 5 heteroatoms. The van der Waals surface area contributed by atoms with E-state index in [2.05, 4.69) is 6.92 Å². The first kappa shape index (κ1) is 20.5. The third kappa shape index (κ3) is 4.99. The molecule has 0 atom stereocenters. The van der Waals surface area contributed by atoms with Crippen molar-refractivity contribution in [3.8, 4) is 0 Å². The van der Waals surface area contributed by atoms with Crippen LogP contribution in [0.3, 0.4) is 0 Å². The Hall–Kier alpha value is -1.52. The van der Waals surface area contributed by atoms with E-state index in [-0.39, 0.29) is 0 Å². The van der Waals surface area contributed by atoms with Gasteiger partial charge >= 0.3 is 6.18 Å². The summed E-state index contributed by atoms with van der Waals surface area (Å²) in [5.74, 6) is 0.631. The lowest BCUT2D eigenvalue weighted by Gasteiger charge is -2.21. The number of benzene rings is 1. The Balaban J connectivity index is 0.000000346. The maximum atomic E-state index is 12.4. The van der Waals surface area contributed by atoms with E-state index in [4.69, 9.17) is 0 Å². The van der Waals surface area contributed by atoms with E-state index in [1.165, 1.54) is 19.3 Å². The first-order valence-corrected chi connectivity index (χ1v) is 8.65. The molecule has 24 heavy (non-hydrogen) atoms. The molecule has 1 heterocycles. The van der Waals surface area contributed by atoms with E-state index in [9.17, 15) is 18.0 Å². The number of halogens is 3. The Bertz CT molecular complexity index is 548. The summed E-state index contributed by atoms with van der Waals surface area (Å²) in [6, 6.07) is 6.61. The highest BCUT2D eigenvalue weighted by Crippen LogP contribution is 2.42. The maximum Gasteiger partial charge on any atom is 0.406 e. The minimum Gasteiger partial charge on any atom is -0.302 e. The molecular weight excluding hydrogens is 315 g/mol. The van der Waals surface area contributed by atoms with E-state index in [0.717, 1.165) is 10.8 Å². The fraction of sp³-hybridized carbons (Fsp3) is 0.632. The van der Waals surface area contributed by atoms with Crippen molar-refractivity contribution in [2.24, 2.45) is 5.92 Å². The second kappa shape index (κ2) is 8.04. The van der Waals surface area contributed by atoms with Gasteiger partial charge in [-0.1, -0.05) is 58.2 Å². The predicted octanol–water partition coefficient (Wildman–Crippen LogP) is 5.71. The summed E-state index contributed by atoms with van der Waals surface area (Å²) in [4.78, 5) is 12.8. The van der Waals surface area contributed by atoms with Crippen LogP contribution in [0.15, 0.2) is 24.3 Å². The highest BCUT2D eigenvalue weighted by molar-refractivity contribution is 6.07. The molecule has 0 bridgehead atoms. The fourth-order valence-corrected chi connectivity index (χ4v) is 2.66. The monoisotopic (exact) mass is 343 g/mol. The van der Waals surface area contributed by atoms with Crippen molar-refractivity contribution >= 4 is 11.6 Å². The summed E-state index contributed by atoms with van der Waals surface area (Å²) in [6.07, 6.45) is 0.0518. The molecular formula is C19H28F3NO. The van der Waals surface area contributed by atoms with Gasteiger partial charge in [0.05, 0.1) is 5.41 Å². The zero-order chi connectivity index (χ0) is 18.5. The van der Waals surface area contributed by atoms with Gasteiger partial charge in [0.15, 0.2) is 0 Å². The number of carbonyl (C=O) groups is 1. The fourth-order valence-electron chi connectivity index (χ4n) is 2.66. The summed E-state index contributed by atoms with van der Waals surface area (Å²) in [6.45, 7) is 8.32. The smallest absolute Gasteiger partial charge is 0.302 e. The number of fused-ring (bicyclic) bond motifs is 1. The van der Waals surface area contributed by atoms with Gasteiger partial charge in [-0.05, 0) is 31.4 Å². The topological polar surface area (TPSA) is 20.3 Å². The molecule has 1 aliphatic carbocycles. The number of hydrogen-bond acceptors (Lipinski definition) is 1. The first-order chi connectivity index (χ1) is 11.2. The van der Waals surface area contributed by atoms with Gasteiger partial charge in [0.1, 0.15) is 6.54 Å². The molecule has 0 saturated heterocycles. The number of para-hydroxylation sites is 1. The van der Waals surface area contributed by atoms with Crippen LogP contribution in [-0.4, -0.2) is 18.6 Å². The van der Waals surface area contributed by atoms with E-state index in [1.807, 2.05) is 13.8 Å². The molecule has 3 rings (SSSR count). The van der Waals surface area contributed by atoms with Crippen LogP contribution < -0.4 is 4.90 Å². The molecule has 2 aliphatic rings. The molecule has 0 unspecified atom stereocenters. The molecule has 1 fully saturated rings. The van der Waals surface area contributed by atoms with Crippen LogP contribution in [0.25, 0.3) is 0 Å². The average Bonchev–Trinajstić information content (AvgIpc) is 3.35. The molecule has 0 spiro atoms. The quantitative estimate of drug-likeness (QED) is 0.674. The lowest BCUT2D eigenvalue weighted by molar-refractivity contribution is -0.134. The molecule has 1 aromatic rings. The Morgan fingerprint density at radius 1 is 1.17 bits per heavy atom. The SMILES string of the molecule is CC.CC1(C)C(=O)N(CC(F)(F)F)c2ccccc21.CCC1CC1. The van der Waals surface area contributed by atoms with Gasteiger partial charge in [0, 0.05) is 5.69 Å². The number of nitrogens with zero attached hydrogens (tertiary/aromatic N) is 1. The first-order valence-electron chi connectivity index (χ1n) is 8.65. The molecule has 1 amide bonds. The minimum atomic E-state index is -4.39. The molecule has 1 aromatic carbocycles. The van der Waals surface area contributed by atoms with Crippen molar-refractivity contribution < 1.29 is 18.0 Å². The highest BCUT2D eigenvalue weighted by atomic mass is 19.4. The van der Waals surface area contributed by atoms with E-state index < -0.39 is 24.0 Å². The van der Waals surface area contributed by atoms with E-state index in [1.54, 1.807) is 38.1 Å². The zero-order valence-electron chi connectivity index (χ0n) is 15.2. The largest absolute Gasteiger partial charge is 0.406 e. The van der Waals surface area contributed by atoms with Gasteiger partial charge < -0.3 is 4.90 Å². The van der Waals surface area contributed by atoms with Crippen molar-refractivity contribution in [1.29, 1.82) is 0 Å². The Morgan fingerprint density at radius 2 is 1.71 bits per heavy atom. The van der Waals surface area contributed by atoms with Crippen molar-refractivity contribution in [3.63, 3.8) is 0 Å². The number of alkyl halides is 3. The summed E-state index contributed by atoms with van der Waals surface area (Å²) < 4.78 is 37.3.